The molecule has 0 atom stereocenters. The molecule has 0 saturated carbocycles. The van der Waals surface area contributed by atoms with E-state index < -0.39 is 5.97 Å². The zero-order chi connectivity index (χ0) is 15.5. The molecular formula is C18H16O4. The van der Waals surface area contributed by atoms with Gasteiger partial charge in [0.2, 0.25) is 6.79 Å². The molecule has 4 heteroatoms. The van der Waals surface area contributed by atoms with Crippen LogP contribution < -0.4 is 14.2 Å². The van der Waals surface area contributed by atoms with Crippen LogP contribution in [-0.4, -0.2) is 12.8 Å². The molecule has 0 saturated heterocycles. The Morgan fingerprint density at radius 2 is 1.77 bits per heavy atom. The van der Waals surface area contributed by atoms with Crippen molar-refractivity contribution in [2.75, 3.05) is 6.79 Å². The molecule has 0 N–H and O–H groups in total. The Hall–Kier alpha value is -2.75. The molecule has 3 rings (SSSR count). The number of fused-ring (bicyclic) bond motifs is 1. The van der Waals surface area contributed by atoms with Gasteiger partial charge in [-0.1, -0.05) is 12.1 Å². The van der Waals surface area contributed by atoms with Gasteiger partial charge in [-0.3, -0.25) is 0 Å². The van der Waals surface area contributed by atoms with Gasteiger partial charge in [0.25, 0.3) is 0 Å². The SMILES string of the molecule is Cc1cc(C)cc(OC(=O)C=Cc2ccc3c(c2)OCO3)c1. The quantitative estimate of drug-likeness (QED) is 0.492. The van der Waals surface area contributed by atoms with Crippen molar-refractivity contribution < 1.29 is 19.0 Å². The normalized spacial score (nSPS) is 12.6. The van der Waals surface area contributed by atoms with E-state index in [4.69, 9.17) is 14.2 Å². The van der Waals surface area contributed by atoms with Gasteiger partial charge in [-0.15, -0.1) is 0 Å². The van der Waals surface area contributed by atoms with E-state index in [0.29, 0.717) is 11.5 Å². The Morgan fingerprint density at radius 3 is 2.55 bits per heavy atom. The molecule has 112 valence electrons. The monoisotopic (exact) mass is 296 g/mol. The summed E-state index contributed by atoms with van der Waals surface area (Å²) >= 11 is 0. The fourth-order valence-corrected chi connectivity index (χ4v) is 2.32. The van der Waals surface area contributed by atoms with Crippen LogP contribution in [0.5, 0.6) is 17.2 Å². The second-order valence-corrected chi connectivity index (χ2v) is 5.19. The lowest BCUT2D eigenvalue weighted by Gasteiger charge is -2.04. The van der Waals surface area contributed by atoms with E-state index >= 15 is 0 Å². The summed E-state index contributed by atoms with van der Waals surface area (Å²) in [6, 6.07) is 11.2. The molecule has 0 fully saturated rings. The zero-order valence-corrected chi connectivity index (χ0v) is 12.5. The van der Waals surface area contributed by atoms with Crippen molar-refractivity contribution in [3.63, 3.8) is 0 Å². The predicted molar refractivity (Wildman–Crippen MR) is 83.2 cm³/mol. The fourth-order valence-electron chi connectivity index (χ4n) is 2.32. The van der Waals surface area contributed by atoms with E-state index in [1.807, 2.05) is 50.2 Å². The molecule has 0 amide bonds. The van der Waals surface area contributed by atoms with Crippen LogP contribution >= 0.6 is 0 Å². The highest BCUT2D eigenvalue weighted by Gasteiger charge is 2.12. The van der Waals surface area contributed by atoms with Gasteiger partial charge < -0.3 is 14.2 Å². The largest absolute Gasteiger partial charge is 0.454 e. The topological polar surface area (TPSA) is 44.8 Å². The number of carbonyl (C=O) groups excluding carboxylic acids is 1. The Morgan fingerprint density at radius 1 is 1.05 bits per heavy atom. The number of carbonyl (C=O) groups is 1. The molecule has 0 aromatic heterocycles. The van der Waals surface area contributed by atoms with Gasteiger partial charge >= 0.3 is 5.97 Å². The number of hydrogen-bond donors (Lipinski definition) is 0. The lowest BCUT2D eigenvalue weighted by atomic mass is 10.1. The highest BCUT2D eigenvalue weighted by molar-refractivity contribution is 5.88. The van der Waals surface area contributed by atoms with Crippen molar-refractivity contribution >= 4 is 12.0 Å². The molecule has 0 aliphatic carbocycles. The molecule has 22 heavy (non-hydrogen) atoms. The third-order valence-electron chi connectivity index (χ3n) is 3.22. The third kappa shape index (κ3) is 3.28. The van der Waals surface area contributed by atoms with Crippen LogP contribution in [0.1, 0.15) is 16.7 Å². The second-order valence-electron chi connectivity index (χ2n) is 5.19. The number of esters is 1. The molecular weight excluding hydrogens is 280 g/mol. The van der Waals surface area contributed by atoms with E-state index in [2.05, 4.69) is 0 Å². The molecule has 2 aromatic rings. The third-order valence-corrected chi connectivity index (χ3v) is 3.22. The number of ether oxygens (including phenoxy) is 3. The van der Waals surface area contributed by atoms with Crippen LogP contribution in [0.4, 0.5) is 0 Å². The molecule has 0 bridgehead atoms. The van der Waals surface area contributed by atoms with Gasteiger partial charge in [0.15, 0.2) is 11.5 Å². The Labute approximate surface area is 128 Å². The first-order chi connectivity index (χ1) is 10.6. The van der Waals surface area contributed by atoms with Gasteiger partial charge in [0.1, 0.15) is 5.75 Å². The van der Waals surface area contributed by atoms with Crippen LogP contribution in [0, 0.1) is 13.8 Å². The van der Waals surface area contributed by atoms with Crippen LogP contribution in [0.2, 0.25) is 0 Å². The lowest BCUT2D eigenvalue weighted by molar-refractivity contribution is -0.128. The maximum atomic E-state index is 11.9. The second kappa shape index (κ2) is 5.93. The summed E-state index contributed by atoms with van der Waals surface area (Å²) in [6.45, 7) is 4.16. The standard InChI is InChI=1S/C18H16O4/c1-12-7-13(2)9-15(8-12)22-18(19)6-4-14-3-5-16-17(10-14)21-11-20-16/h3-10H,11H2,1-2H3. The lowest BCUT2D eigenvalue weighted by Crippen LogP contribution is -2.04. The van der Waals surface area contributed by atoms with Crippen LogP contribution in [0.25, 0.3) is 6.08 Å². The van der Waals surface area contributed by atoms with E-state index in [9.17, 15) is 4.79 Å². The predicted octanol–water partition coefficient (Wildman–Crippen LogP) is 3.65. The van der Waals surface area contributed by atoms with E-state index in [0.717, 1.165) is 22.4 Å². The first-order valence-corrected chi connectivity index (χ1v) is 6.98. The maximum Gasteiger partial charge on any atom is 0.336 e. The zero-order valence-electron chi connectivity index (χ0n) is 12.5. The van der Waals surface area contributed by atoms with Gasteiger partial charge in [0, 0.05) is 6.08 Å². The Bertz CT molecular complexity index is 726. The van der Waals surface area contributed by atoms with Crippen molar-refractivity contribution in [2.45, 2.75) is 13.8 Å². The van der Waals surface area contributed by atoms with Crippen LogP contribution in [0.3, 0.4) is 0 Å². The summed E-state index contributed by atoms with van der Waals surface area (Å²) in [4.78, 5) is 11.9. The van der Waals surface area contributed by atoms with E-state index in [-0.39, 0.29) is 6.79 Å². The van der Waals surface area contributed by atoms with Gasteiger partial charge in [-0.05, 0) is 60.9 Å². The van der Waals surface area contributed by atoms with Crippen LogP contribution in [0.15, 0.2) is 42.5 Å². The molecule has 1 aliphatic heterocycles. The first-order valence-electron chi connectivity index (χ1n) is 6.98. The number of benzene rings is 2. The van der Waals surface area contributed by atoms with Crippen molar-refractivity contribution in [1.82, 2.24) is 0 Å². The summed E-state index contributed by atoms with van der Waals surface area (Å²) in [5, 5.41) is 0. The molecule has 0 spiro atoms. The minimum absolute atomic E-state index is 0.233. The Balaban J connectivity index is 1.68. The minimum atomic E-state index is -0.414. The Kier molecular flexibility index (Phi) is 3.83. The molecule has 4 nitrogen and oxygen atoms in total. The van der Waals surface area contributed by atoms with Gasteiger partial charge in [-0.25, -0.2) is 4.79 Å². The van der Waals surface area contributed by atoms with E-state index in [1.165, 1.54) is 6.08 Å². The van der Waals surface area contributed by atoms with Crippen LogP contribution in [-0.2, 0) is 4.79 Å². The van der Waals surface area contributed by atoms with Gasteiger partial charge in [-0.2, -0.15) is 0 Å². The molecule has 2 aromatic carbocycles. The minimum Gasteiger partial charge on any atom is -0.454 e. The molecule has 0 unspecified atom stereocenters. The smallest absolute Gasteiger partial charge is 0.336 e. The number of aryl methyl sites for hydroxylation is 2. The molecule has 1 aliphatic rings. The fraction of sp³-hybridized carbons (Fsp3) is 0.167. The summed E-state index contributed by atoms with van der Waals surface area (Å²) in [5.41, 5.74) is 2.96. The average molecular weight is 296 g/mol. The van der Waals surface area contributed by atoms with Gasteiger partial charge in [0.05, 0.1) is 0 Å². The summed E-state index contributed by atoms with van der Waals surface area (Å²) in [7, 11) is 0. The van der Waals surface area contributed by atoms with Crippen molar-refractivity contribution in [3.05, 3.63) is 59.2 Å². The van der Waals surface area contributed by atoms with Crippen molar-refractivity contribution in [2.24, 2.45) is 0 Å². The maximum absolute atomic E-state index is 11.9. The average Bonchev–Trinajstić information content (AvgIpc) is 2.91. The number of rotatable bonds is 3. The number of hydrogen-bond acceptors (Lipinski definition) is 4. The molecule has 1 heterocycles. The highest BCUT2D eigenvalue weighted by atomic mass is 16.7. The highest BCUT2D eigenvalue weighted by Crippen LogP contribution is 2.32. The van der Waals surface area contributed by atoms with Crippen molar-refractivity contribution in [3.8, 4) is 17.2 Å². The summed E-state index contributed by atoms with van der Waals surface area (Å²) in [6.07, 6.45) is 3.09. The molecule has 0 radical (unpaired) electrons. The van der Waals surface area contributed by atoms with E-state index in [1.54, 1.807) is 6.08 Å². The summed E-state index contributed by atoms with van der Waals surface area (Å²) in [5.74, 6) is 1.54. The first kappa shape index (κ1) is 14.2. The summed E-state index contributed by atoms with van der Waals surface area (Å²) < 4.78 is 15.8. The van der Waals surface area contributed by atoms with Crippen molar-refractivity contribution in [1.29, 1.82) is 0 Å².